The molecule has 4 nitrogen and oxygen atoms in total. The molecule has 2 rings (SSSR count). The minimum atomic E-state index is -0.268. The van der Waals surface area contributed by atoms with Crippen molar-refractivity contribution in [2.45, 2.75) is 58.9 Å². The van der Waals surface area contributed by atoms with Gasteiger partial charge in [-0.1, -0.05) is 26.0 Å². The third-order valence-electron chi connectivity index (χ3n) is 4.67. The Morgan fingerprint density at radius 1 is 1.30 bits per heavy atom. The van der Waals surface area contributed by atoms with Gasteiger partial charge in [-0.15, -0.1) is 0 Å². The fourth-order valence-corrected chi connectivity index (χ4v) is 2.91. The van der Waals surface area contributed by atoms with Crippen LogP contribution in [0.3, 0.4) is 0 Å². The second kappa shape index (κ2) is 6.73. The van der Waals surface area contributed by atoms with Gasteiger partial charge in [-0.2, -0.15) is 0 Å². The summed E-state index contributed by atoms with van der Waals surface area (Å²) in [6.45, 7) is 10.9. The van der Waals surface area contributed by atoms with Crippen molar-refractivity contribution in [3.05, 3.63) is 29.8 Å². The van der Waals surface area contributed by atoms with Crippen LogP contribution in [-0.2, 0) is 9.59 Å². The number of rotatable bonds is 4. The average molecular weight is 316 g/mol. The van der Waals surface area contributed by atoms with Crippen LogP contribution in [0.15, 0.2) is 24.3 Å². The molecule has 1 aromatic carbocycles. The molecule has 1 fully saturated rings. The normalized spacial score (nSPS) is 19.8. The van der Waals surface area contributed by atoms with Crippen LogP contribution >= 0.6 is 0 Å². The monoisotopic (exact) mass is 316 g/mol. The minimum Gasteiger partial charge on any atom is -0.337 e. The van der Waals surface area contributed by atoms with Gasteiger partial charge in [-0.05, 0) is 50.8 Å². The lowest BCUT2D eigenvalue weighted by atomic mass is 9.98. The summed E-state index contributed by atoms with van der Waals surface area (Å²) in [5, 5.41) is 2.94. The second-order valence-electron chi connectivity index (χ2n) is 7.50. The highest BCUT2D eigenvalue weighted by molar-refractivity contribution is 5.97. The maximum atomic E-state index is 12.4. The zero-order valence-electron chi connectivity index (χ0n) is 14.8. The molecule has 1 N–H and O–H groups in total. The van der Waals surface area contributed by atoms with E-state index in [-0.39, 0.29) is 23.3 Å². The van der Waals surface area contributed by atoms with Gasteiger partial charge >= 0.3 is 0 Å². The standard InChI is InChI=1S/C19H28N2O2/c1-6-13(2)14-7-9-16(10-8-14)20-18(23)15-11-17(22)21(12-15)19(3,4)5/h7-10,13,15H,6,11-12H2,1-5H3,(H,20,23)/t13-,15-/m0/s1. The maximum absolute atomic E-state index is 12.4. The van der Waals surface area contributed by atoms with E-state index in [2.05, 4.69) is 31.3 Å². The van der Waals surface area contributed by atoms with Gasteiger partial charge in [-0.3, -0.25) is 9.59 Å². The zero-order valence-corrected chi connectivity index (χ0v) is 14.8. The molecular formula is C19H28N2O2. The highest BCUT2D eigenvalue weighted by Gasteiger charge is 2.39. The highest BCUT2D eigenvalue weighted by atomic mass is 16.2. The Hall–Kier alpha value is -1.84. The Bertz CT molecular complexity index is 572. The first-order chi connectivity index (χ1) is 10.7. The molecule has 23 heavy (non-hydrogen) atoms. The third kappa shape index (κ3) is 4.12. The van der Waals surface area contributed by atoms with Crippen molar-refractivity contribution in [2.75, 3.05) is 11.9 Å². The molecule has 0 bridgehead atoms. The number of likely N-dealkylation sites (tertiary alicyclic amines) is 1. The summed E-state index contributed by atoms with van der Waals surface area (Å²) < 4.78 is 0. The summed E-state index contributed by atoms with van der Waals surface area (Å²) in [5.74, 6) is 0.245. The zero-order chi connectivity index (χ0) is 17.2. The van der Waals surface area contributed by atoms with Crippen molar-refractivity contribution in [1.29, 1.82) is 0 Å². The van der Waals surface area contributed by atoms with E-state index in [9.17, 15) is 9.59 Å². The van der Waals surface area contributed by atoms with Crippen LogP contribution in [0, 0.1) is 5.92 Å². The smallest absolute Gasteiger partial charge is 0.229 e. The first-order valence-corrected chi connectivity index (χ1v) is 8.43. The molecular weight excluding hydrogens is 288 g/mol. The number of nitrogens with one attached hydrogen (secondary N) is 1. The Morgan fingerprint density at radius 3 is 2.39 bits per heavy atom. The molecule has 0 aliphatic carbocycles. The van der Waals surface area contributed by atoms with Crippen molar-refractivity contribution in [2.24, 2.45) is 5.92 Å². The number of carbonyl (C=O) groups is 2. The Kier molecular flexibility index (Phi) is 5.12. The van der Waals surface area contributed by atoms with Crippen LogP contribution < -0.4 is 5.32 Å². The summed E-state index contributed by atoms with van der Waals surface area (Å²) in [4.78, 5) is 26.3. The van der Waals surface area contributed by atoms with Crippen LogP contribution in [-0.4, -0.2) is 28.8 Å². The average Bonchev–Trinajstić information content (AvgIpc) is 2.89. The first kappa shape index (κ1) is 17.5. The molecule has 1 heterocycles. The van der Waals surface area contributed by atoms with E-state index < -0.39 is 0 Å². The van der Waals surface area contributed by atoms with Crippen LogP contribution in [0.2, 0.25) is 0 Å². The molecule has 0 unspecified atom stereocenters. The molecule has 1 aliphatic heterocycles. The number of hydrogen-bond donors (Lipinski definition) is 1. The van der Waals surface area contributed by atoms with Gasteiger partial charge in [-0.25, -0.2) is 0 Å². The molecule has 1 aromatic rings. The molecule has 1 saturated heterocycles. The second-order valence-corrected chi connectivity index (χ2v) is 7.50. The van der Waals surface area contributed by atoms with Gasteiger partial charge < -0.3 is 10.2 Å². The molecule has 2 atom stereocenters. The fraction of sp³-hybridized carbons (Fsp3) is 0.579. The molecule has 0 aromatic heterocycles. The van der Waals surface area contributed by atoms with Crippen molar-refractivity contribution >= 4 is 17.5 Å². The number of amides is 2. The molecule has 4 heteroatoms. The molecule has 1 aliphatic rings. The Morgan fingerprint density at radius 2 is 1.91 bits per heavy atom. The lowest BCUT2D eigenvalue weighted by Crippen LogP contribution is -2.42. The predicted octanol–water partition coefficient (Wildman–Crippen LogP) is 3.79. The number of nitrogens with zero attached hydrogens (tertiary/aromatic N) is 1. The summed E-state index contributed by atoms with van der Waals surface area (Å²) in [6.07, 6.45) is 1.40. The summed E-state index contributed by atoms with van der Waals surface area (Å²) >= 11 is 0. The van der Waals surface area contributed by atoms with E-state index in [1.165, 1.54) is 5.56 Å². The highest BCUT2D eigenvalue weighted by Crippen LogP contribution is 2.27. The van der Waals surface area contributed by atoms with Gasteiger partial charge in [0.05, 0.1) is 5.92 Å². The maximum Gasteiger partial charge on any atom is 0.229 e. The summed E-state index contributed by atoms with van der Waals surface area (Å²) in [6, 6.07) is 8.01. The number of benzene rings is 1. The molecule has 2 amide bonds. The topological polar surface area (TPSA) is 49.4 Å². The molecule has 126 valence electrons. The van der Waals surface area contributed by atoms with Crippen LogP contribution in [0.25, 0.3) is 0 Å². The quantitative estimate of drug-likeness (QED) is 0.919. The SMILES string of the molecule is CC[C@H](C)c1ccc(NC(=O)[C@H]2CC(=O)N(C(C)(C)C)C2)cc1. The van der Waals surface area contributed by atoms with Crippen molar-refractivity contribution in [3.63, 3.8) is 0 Å². The summed E-state index contributed by atoms with van der Waals surface area (Å²) in [5.41, 5.74) is 1.84. The van der Waals surface area contributed by atoms with Crippen molar-refractivity contribution in [3.8, 4) is 0 Å². The van der Waals surface area contributed by atoms with E-state index in [1.54, 1.807) is 4.90 Å². The predicted molar refractivity (Wildman–Crippen MR) is 93.4 cm³/mol. The Labute approximate surface area is 139 Å². The van der Waals surface area contributed by atoms with Gasteiger partial charge in [0.15, 0.2) is 0 Å². The molecule has 0 saturated carbocycles. The number of hydrogen-bond acceptors (Lipinski definition) is 2. The van der Waals surface area contributed by atoms with E-state index in [0.29, 0.717) is 18.9 Å². The molecule has 0 radical (unpaired) electrons. The fourth-order valence-electron chi connectivity index (χ4n) is 2.91. The minimum absolute atomic E-state index is 0.0600. The van der Waals surface area contributed by atoms with Gasteiger partial charge in [0.25, 0.3) is 0 Å². The largest absolute Gasteiger partial charge is 0.337 e. The van der Waals surface area contributed by atoms with Crippen LogP contribution in [0.4, 0.5) is 5.69 Å². The van der Waals surface area contributed by atoms with Gasteiger partial charge in [0.1, 0.15) is 0 Å². The lowest BCUT2D eigenvalue weighted by molar-refractivity contribution is -0.131. The van der Waals surface area contributed by atoms with Crippen LogP contribution in [0.5, 0.6) is 0 Å². The van der Waals surface area contributed by atoms with Crippen LogP contribution in [0.1, 0.15) is 58.9 Å². The van der Waals surface area contributed by atoms with Crippen molar-refractivity contribution in [1.82, 2.24) is 4.90 Å². The molecule has 0 spiro atoms. The lowest BCUT2D eigenvalue weighted by Gasteiger charge is -2.31. The van der Waals surface area contributed by atoms with E-state index in [4.69, 9.17) is 0 Å². The van der Waals surface area contributed by atoms with E-state index >= 15 is 0 Å². The van der Waals surface area contributed by atoms with E-state index in [0.717, 1.165) is 12.1 Å². The van der Waals surface area contributed by atoms with Gasteiger partial charge in [0, 0.05) is 24.2 Å². The third-order valence-corrected chi connectivity index (χ3v) is 4.67. The first-order valence-electron chi connectivity index (χ1n) is 8.43. The van der Waals surface area contributed by atoms with Crippen molar-refractivity contribution < 1.29 is 9.59 Å². The summed E-state index contributed by atoms with van der Waals surface area (Å²) in [7, 11) is 0. The van der Waals surface area contributed by atoms with E-state index in [1.807, 2.05) is 32.9 Å². The number of carbonyl (C=O) groups excluding carboxylic acids is 2. The Balaban J connectivity index is 1.99. The number of anilines is 1. The van der Waals surface area contributed by atoms with Gasteiger partial charge in [0.2, 0.25) is 11.8 Å².